The number of alkyl halides is 1. The largest absolute Gasteiger partial charge is 0.244 e. The smallest absolute Gasteiger partial charge is 0.142 e. The van der Waals surface area contributed by atoms with Crippen molar-refractivity contribution in [1.29, 1.82) is 0 Å². The molecular weight excluding hydrogens is 277 g/mol. The predicted octanol–water partition coefficient (Wildman–Crippen LogP) is 2.83. The molecule has 0 aliphatic heterocycles. The molecule has 0 aliphatic rings. The summed E-state index contributed by atoms with van der Waals surface area (Å²) < 4.78 is 2.87. The summed E-state index contributed by atoms with van der Waals surface area (Å²) in [7, 11) is 0. The highest BCUT2D eigenvalue weighted by molar-refractivity contribution is 9.10. The second-order valence-corrected chi connectivity index (χ2v) is 4.28. The molecule has 0 saturated carbocycles. The van der Waals surface area contributed by atoms with E-state index in [0.717, 1.165) is 10.3 Å². The van der Waals surface area contributed by atoms with Gasteiger partial charge >= 0.3 is 0 Å². The third-order valence-corrected chi connectivity index (χ3v) is 2.83. The van der Waals surface area contributed by atoms with Gasteiger partial charge < -0.3 is 0 Å². The van der Waals surface area contributed by atoms with Gasteiger partial charge in [-0.3, -0.25) is 0 Å². The Kier molecular flexibility index (Phi) is 3.38. The van der Waals surface area contributed by atoms with Crippen LogP contribution >= 0.6 is 27.5 Å². The van der Waals surface area contributed by atoms with Crippen LogP contribution in [0.5, 0.6) is 0 Å². The SMILES string of the molecule is ClCc1ncnn1Cc1ccc(Br)cc1. The Hall–Kier alpha value is -0.870. The molecule has 0 aliphatic carbocycles. The van der Waals surface area contributed by atoms with Crippen LogP contribution in [0.1, 0.15) is 11.4 Å². The van der Waals surface area contributed by atoms with E-state index in [2.05, 4.69) is 26.0 Å². The molecular formula is C10H9BrClN3. The molecule has 0 bridgehead atoms. The van der Waals surface area contributed by atoms with E-state index in [-0.39, 0.29) is 0 Å². The molecule has 0 amide bonds. The Morgan fingerprint density at radius 1 is 1.27 bits per heavy atom. The van der Waals surface area contributed by atoms with Gasteiger partial charge in [-0.2, -0.15) is 5.10 Å². The van der Waals surface area contributed by atoms with Crippen LogP contribution in [-0.4, -0.2) is 14.8 Å². The van der Waals surface area contributed by atoms with Crippen LogP contribution in [0.15, 0.2) is 35.1 Å². The molecule has 2 aromatic rings. The minimum absolute atomic E-state index is 0.385. The first-order valence-electron chi connectivity index (χ1n) is 4.46. The van der Waals surface area contributed by atoms with E-state index in [0.29, 0.717) is 12.4 Å². The summed E-state index contributed by atoms with van der Waals surface area (Å²) in [6, 6.07) is 8.10. The van der Waals surface area contributed by atoms with Crippen molar-refractivity contribution in [2.75, 3.05) is 0 Å². The van der Waals surface area contributed by atoms with Crippen molar-refractivity contribution in [2.45, 2.75) is 12.4 Å². The molecule has 0 N–H and O–H groups in total. The second kappa shape index (κ2) is 4.77. The van der Waals surface area contributed by atoms with Crippen molar-refractivity contribution >= 4 is 27.5 Å². The maximum atomic E-state index is 5.73. The van der Waals surface area contributed by atoms with Crippen LogP contribution in [0.2, 0.25) is 0 Å². The zero-order chi connectivity index (χ0) is 10.7. The average molecular weight is 287 g/mol. The lowest BCUT2D eigenvalue weighted by Crippen LogP contribution is -2.05. The van der Waals surface area contributed by atoms with E-state index in [9.17, 15) is 0 Å². The number of hydrogen-bond donors (Lipinski definition) is 0. The van der Waals surface area contributed by atoms with Crippen LogP contribution in [0.25, 0.3) is 0 Å². The molecule has 78 valence electrons. The minimum atomic E-state index is 0.385. The van der Waals surface area contributed by atoms with Crippen LogP contribution in [0.4, 0.5) is 0 Å². The summed E-state index contributed by atoms with van der Waals surface area (Å²) in [4.78, 5) is 4.06. The number of aromatic nitrogens is 3. The second-order valence-electron chi connectivity index (χ2n) is 3.09. The highest BCUT2D eigenvalue weighted by Crippen LogP contribution is 2.12. The molecule has 5 heteroatoms. The number of halogens is 2. The molecule has 0 radical (unpaired) electrons. The van der Waals surface area contributed by atoms with Gasteiger partial charge in [0.25, 0.3) is 0 Å². The standard InChI is InChI=1S/C10H9BrClN3/c11-9-3-1-8(2-4-9)6-15-10(5-12)13-7-14-15/h1-4,7H,5-6H2. The van der Waals surface area contributed by atoms with Gasteiger partial charge in [0.2, 0.25) is 0 Å². The molecule has 1 heterocycles. The zero-order valence-electron chi connectivity index (χ0n) is 7.90. The lowest BCUT2D eigenvalue weighted by atomic mass is 10.2. The van der Waals surface area contributed by atoms with E-state index in [1.54, 1.807) is 4.68 Å². The Labute approximate surface area is 101 Å². The monoisotopic (exact) mass is 285 g/mol. The third-order valence-electron chi connectivity index (χ3n) is 2.06. The zero-order valence-corrected chi connectivity index (χ0v) is 10.2. The van der Waals surface area contributed by atoms with E-state index in [1.807, 2.05) is 24.3 Å². The lowest BCUT2D eigenvalue weighted by molar-refractivity contribution is 0.656. The summed E-state index contributed by atoms with van der Waals surface area (Å²) in [5.41, 5.74) is 1.18. The number of nitrogens with zero attached hydrogens (tertiary/aromatic N) is 3. The highest BCUT2D eigenvalue weighted by Gasteiger charge is 2.02. The normalized spacial score (nSPS) is 10.5. The molecule has 0 atom stereocenters. The van der Waals surface area contributed by atoms with Crippen LogP contribution in [0.3, 0.4) is 0 Å². The molecule has 0 saturated heterocycles. The summed E-state index contributed by atoms with van der Waals surface area (Å²) in [6.07, 6.45) is 1.52. The van der Waals surface area contributed by atoms with Crippen molar-refractivity contribution in [3.05, 3.63) is 46.5 Å². The predicted molar refractivity (Wildman–Crippen MR) is 62.8 cm³/mol. The maximum absolute atomic E-state index is 5.73. The Morgan fingerprint density at radius 2 is 2.00 bits per heavy atom. The van der Waals surface area contributed by atoms with Crippen molar-refractivity contribution in [3.8, 4) is 0 Å². The van der Waals surface area contributed by atoms with Crippen LogP contribution < -0.4 is 0 Å². The Bertz CT molecular complexity index is 438. The summed E-state index contributed by atoms with van der Waals surface area (Å²) >= 11 is 9.13. The van der Waals surface area contributed by atoms with Crippen molar-refractivity contribution < 1.29 is 0 Å². The van der Waals surface area contributed by atoms with Crippen molar-refractivity contribution in [2.24, 2.45) is 0 Å². The van der Waals surface area contributed by atoms with E-state index in [4.69, 9.17) is 11.6 Å². The molecule has 1 aromatic heterocycles. The fourth-order valence-corrected chi connectivity index (χ4v) is 1.76. The van der Waals surface area contributed by atoms with Gasteiger partial charge in [-0.15, -0.1) is 11.6 Å². The first kappa shape index (κ1) is 10.6. The van der Waals surface area contributed by atoms with E-state index < -0.39 is 0 Å². The summed E-state index contributed by atoms with van der Waals surface area (Å²) in [5.74, 6) is 1.18. The van der Waals surface area contributed by atoms with Crippen LogP contribution in [-0.2, 0) is 12.4 Å². The van der Waals surface area contributed by atoms with Crippen LogP contribution in [0, 0.1) is 0 Å². The van der Waals surface area contributed by atoms with Crippen molar-refractivity contribution in [1.82, 2.24) is 14.8 Å². The molecule has 1 aromatic carbocycles. The fraction of sp³-hybridized carbons (Fsp3) is 0.200. The minimum Gasteiger partial charge on any atom is -0.244 e. The third kappa shape index (κ3) is 2.58. The van der Waals surface area contributed by atoms with Gasteiger partial charge in [0, 0.05) is 4.47 Å². The number of benzene rings is 1. The fourth-order valence-electron chi connectivity index (χ4n) is 1.29. The number of hydrogen-bond acceptors (Lipinski definition) is 2. The molecule has 3 nitrogen and oxygen atoms in total. The first-order valence-corrected chi connectivity index (χ1v) is 5.79. The Morgan fingerprint density at radius 3 is 2.67 bits per heavy atom. The van der Waals surface area contributed by atoms with Gasteiger partial charge in [-0.25, -0.2) is 9.67 Å². The molecule has 0 fully saturated rings. The van der Waals surface area contributed by atoms with Gasteiger partial charge in [0.1, 0.15) is 12.2 Å². The quantitative estimate of drug-likeness (QED) is 0.812. The van der Waals surface area contributed by atoms with Gasteiger partial charge in [0.05, 0.1) is 12.4 Å². The lowest BCUT2D eigenvalue weighted by Gasteiger charge is -2.04. The van der Waals surface area contributed by atoms with Gasteiger partial charge in [-0.05, 0) is 17.7 Å². The first-order chi connectivity index (χ1) is 7.29. The number of rotatable bonds is 3. The average Bonchev–Trinajstić information content (AvgIpc) is 2.69. The van der Waals surface area contributed by atoms with E-state index >= 15 is 0 Å². The van der Waals surface area contributed by atoms with E-state index in [1.165, 1.54) is 11.9 Å². The highest BCUT2D eigenvalue weighted by atomic mass is 79.9. The van der Waals surface area contributed by atoms with Gasteiger partial charge in [0.15, 0.2) is 0 Å². The molecule has 0 spiro atoms. The van der Waals surface area contributed by atoms with Crippen molar-refractivity contribution in [3.63, 3.8) is 0 Å². The molecule has 2 rings (SSSR count). The summed E-state index contributed by atoms with van der Waals surface area (Å²) in [5, 5.41) is 4.11. The summed E-state index contributed by atoms with van der Waals surface area (Å²) in [6.45, 7) is 0.704. The Balaban J connectivity index is 2.18. The topological polar surface area (TPSA) is 30.7 Å². The molecule has 15 heavy (non-hydrogen) atoms. The molecule has 0 unspecified atom stereocenters. The maximum Gasteiger partial charge on any atom is 0.142 e. The van der Waals surface area contributed by atoms with Gasteiger partial charge in [-0.1, -0.05) is 28.1 Å².